The first-order valence-electron chi connectivity index (χ1n) is 7.51. The molecule has 0 aromatic heterocycles. The highest BCUT2D eigenvalue weighted by Crippen LogP contribution is 2.22. The molecule has 1 aromatic rings. The van der Waals surface area contributed by atoms with E-state index in [0.717, 1.165) is 5.56 Å². The van der Waals surface area contributed by atoms with E-state index in [1.807, 2.05) is 20.8 Å². The van der Waals surface area contributed by atoms with Gasteiger partial charge in [-0.25, -0.2) is 4.79 Å². The minimum Gasteiger partial charge on any atom is -0.444 e. The molecule has 1 atom stereocenters. The molecule has 2 rings (SSSR count). The standard InChI is InChI=1S/C16H22F2N2O3/c1-16(2,3)23-15(21)20-9-8-19-13(10-20)11-4-6-12(7-5-11)22-14(17)18/h4-7,13-14,19H,8-10H2,1-3H3. The molecule has 1 amide bonds. The molecule has 1 aliphatic rings. The molecule has 0 spiro atoms. The highest BCUT2D eigenvalue weighted by atomic mass is 19.3. The third kappa shape index (κ3) is 5.35. The molecule has 1 aliphatic heterocycles. The number of carbonyl (C=O) groups excluding carboxylic acids is 1. The summed E-state index contributed by atoms with van der Waals surface area (Å²) in [6.07, 6.45) is -0.346. The molecule has 1 N–H and O–H groups in total. The molecule has 128 valence electrons. The average molecular weight is 328 g/mol. The molecule has 1 unspecified atom stereocenters. The Balaban J connectivity index is 1.99. The predicted octanol–water partition coefficient (Wildman–Crippen LogP) is 3.17. The van der Waals surface area contributed by atoms with Crippen molar-refractivity contribution in [2.45, 2.75) is 39.0 Å². The molecule has 0 saturated carbocycles. The molecule has 7 heteroatoms. The maximum absolute atomic E-state index is 12.2. The Kier molecular flexibility index (Phi) is 5.41. The third-order valence-electron chi connectivity index (χ3n) is 3.33. The smallest absolute Gasteiger partial charge is 0.410 e. The number of halogens is 2. The Morgan fingerprint density at radius 2 is 1.96 bits per heavy atom. The number of ether oxygens (including phenoxy) is 2. The summed E-state index contributed by atoms with van der Waals surface area (Å²) in [5.74, 6) is 0.114. The lowest BCUT2D eigenvalue weighted by molar-refractivity contribution is -0.0498. The van der Waals surface area contributed by atoms with Gasteiger partial charge in [-0.05, 0) is 38.5 Å². The van der Waals surface area contributed by atoms with Gasteiger partial charge in [0.15, 0.2) is 0 Å². The number of alkyl halides is 2. The summed E-state index contributed by atoms with van der Waals surface area (Å²) >= 11 is 0. The third-order valence-corrected chi connectivity index (χ3v) is 3.33. The van der Waals surface area contributed by atoms with Crippen molar-refractivity contribution in [1.82, 2.24) is 10.2 Å². The summed E-state index contributed by atoms with van der Waals surface area (Å²) in [4.78, 5) is 13.8. The van der Waals surface area contributed by atoms with Crippen LogP contribution < -0.4 is 10.1 Å². The van der Waals surface area contributed by atoms with Crippen LogP contribution in [0, 0.1) is 0 Å². The summed E-state index contributed by atoms with van der Waals surface area (Å²) in [5, 5.41) is 3.30. The van der Waals surface area contributed by atoms with Gasteiger partial charge in [0.25, 0.3) is 0 Å². The van der Waals surface area contributed by atoms with Crippen molar-refractivity contribution >= 4 is 6.09 Å². The second kappa shape index (κ2) is 7.12. The monoisotopic (exact) mass is 328 g/mol. The number of benzene rings is 1. The van der Waals surface area contributed by atoms with E-state index >= 15 is 0 Å². The lowest BCUT2D eigenvalue weighted by atomic mass is 10.0. The Bertz CT molecular complexity index is 529. The minimum absolute atomic E-state index is 0.0723. The molecular formula is C16H22F2N2O3. The van der Waals surface area contributed by atoms with Crippen LogP contribution in [0.15, 0.2) is 24.3 Å². The zero-order chi connectivity index (χ0) is 17.0. The van der Waals surface area contributed by atoms with Crippen LogP contribution in [0.4, 0.5) is 13.6 Å². The van der Waals surface area contributed by atoms with Crippen LogP contribution in [0.5, 0.6) is 5.75 Å². The lowest BCUT2D eigenvalue weighted by Gasteiger charge is -2.35. The van der Waals surface area contributed by atoms with Crippen LogP contribution in [-0.2, 0) is 4.74 Å². The fourth-order valence-electron chi connectivity index (χ4n) is 2.35. The van der Waals surface area contributed by atoms with E-state index in [2.05, 4.69) is 10.1 Å². The Morgan fingerprint density at radius 1 is 1.30 bits per heavy atom. The van der Waals surface area contributed by atoms with Crippen LogP contribution in [0.3, 0.4) is 0 Å². The summed E-state index contributed by atoms with van der Waals surface area (Å²) in [7, 11) is 0. The first-order chi connectivity index (χ1) is 10.7. The zero-order valence-corrected chi connectivity index (χ0v) is 13.5. The molecule has 1 heterocycles. The Morgan fingerprint density at radius 3 is 2.52 bits per heavy atom. The van der Waals surface area contributed by atoms with Crippen molar-refractivity contribution in [3.63, 3.8) is 0 Å². The molecular weight excluding hydrogens is 306 g/mol. The van der Waals surface area contributed by atoms with Crippen molar-refractivity contribution in [2.75, 3.05) is 19.6 Å². The van der Waals surface area contributed by atoms with Crippen LogP contribution in [-0.4, -0.2) is 42.8 Å². The lowest BCUT2D eigenvalue weighted by Crippen LogP contribution is -2.49. The van der Waals surface area contributed by atoms with Gasteiger partial charge >= 0.3 is 12.7 Å². The minimum atomic E-state index is -2.84. The largest absolute Gasteiger partial charge is 0.444 e. The fraction of sp³-hybridized carbons (Fsp3) is 0.562. The van der Waals surface area contributed by atoms with E-state index in [0.29, 0.717) is 19.6 Å². The first kappa shape index (κ1) is 17.5. The molecule has 0 bridgehead atoms. The van der Waals surface area contributed by atoms with E-state index in [4.69, 9.17) is 4.74 Å². The quantitative estimate of drug-likeness (QED) is 0.926. The number of rotatable bonds is 3. The second-order valence-electron chi connectivity index (χ2n) is 6.38. The number of nitrogens with one attached hydrogen (secondary N) is 1. The highest BCUT2D eigenvalue weighted by molar-refractivity contribution is 5.68. The molecule has 0 aliphatic carbocycles. The van der Waals surface area contributed by atoms with Crippen molar-refractivity contribution < 1.29 is 23.0 Å². The second-order valence-corrected chi connectivity index (χ2v) is 6.38. The number of carbonyl (C=O) groups is 1. The molecule has 0 radical (unpaired) electrons. The predicted molar refractivity (Wildman–Crippen MR) is 81.6 cm³/mol. The van der Waals surface area contributed by atoms with Gasteiger partial charge in [-0.2, -0.15) is 8.78 Å². The van der Waals surface area contributed by atoms with E-state index in [1.54, 1.807) is 17.0 Å². The van der Waals surface area contributed by atoms with Gasteiger partial charge in [0, 0.05) is 19.6 Å². The van der Waals surface area contributed by atoms with Crippen molar-refractivity contribution in [1.29, 1.82) is 0 Å². The number of hydrogen-bond acceptors (Lipinski definition) is 4. The van der Waals surface area contributed by atoms with Crippen LogP contribution in [0.25, 0.3) is 0 Å². The zero-order valence-electron chi connectivity index (χ0n) is 13.5. The van der Waals surface area contributed by atoms with E-state index in [1.165, 1.54) is 12.1 Å². The molecule has 1 saturated heterocycles. The molecule has 1 fully saturated rings. The Labute approximate surface area is 134 Å². The topological polar surface area (TPSA) is 50.8 Å². The summed E-state index contributed by atoms with van der Waals surface area (Å²) in [6, 6.07) is 6.35. The SMILES string of the molecule is CC(C)(C)OC(=O)N1CCNC(c2ccc(OC(F)F)cc2)C1. The summed E-state index contributed by atoms with van der Waals surface area (Å²) < 4.78 is 34.0. The first-order valence-corrected chi connectivity index (χ1v) is 7.51. The van der Waals surface area contributed by atoms with Gasteiger partial charge in [-0.3, -0.25) is 0 Å². The molecule has 23 heavy (non-hydrogen) atoms. The fourth-order valence-corrected chi connectivity index (χ4v) is 2.35. The summed E-state index contributed by atoms with van der Waals surface area (Å²) in [6.45, 7) is 4.31. The maximum Gasteiger partial charge on any atom is 0.410 e. The van der Waals surface area contributed by atoms with E-state index in [9.17, 15) is 13.6 Å². The van der Waals surface area contributed by atoms with Gasteiger partial charge in [0.05, 0.1) is 6.04 Å². The van der Waals surface area contributed by atoms with Crippen molar-refractivity contribution in [3.05, 3.63) is 29.8 Å². The van der Waals surface area contributed by atoms with Gasteiger partial charge in [0.1, 0.15) is 11.4 Å². The summed E-state index contributed by atoms with van der Waals surface area (Å²) in [5.41, 5.74) is 0.367. The Hall–Kier alpha value is -1.89. The van der Waals surface area contributed by atoms with Gasteiger partial charge < -0.3 is 19.7 Å². The van der Waals surface area contributed by atoms with E-state index < -0.39 is 12.2 Å². The highest BCUT2D eigenvalue weighted by Gasteiger charge is 2.28. The van der Waals surface area contributed by atoms with Crippen LogP contribution in [0.1, 0.15) is 32.4 Å². The van der Waals surface area contributed by atoms with E-state index in [-0.39, 0.29) is 17.9 Å². The number of piperazine rings is 1. The number of hydrogen-bond donors (Lipinski definition) is 1. The van der Waals surface area contributed by atoms with Crippen LogP contribution in [0.2, 0.25) is 0 Å². The molecule has 5 nitrogen and oxygen atoms in total. The molecule has 1 aromatic carbocycles. The van der Waals surface area contributed by atoms with Crippen LogP contribution >= 0.6 is 0 Å². The maximum atomic E-state index is 12.2. The van der Waals surface area contributed by atoms with Gasteiger partial charge in [-0.1, -0.05) is 12.1 Å². The average Bonchev–Trinajstić information content (AvgIpc) is 2.46. The number of amides is 1. The van der Waals surface area contributed by atoms with Crippen molar-refractivity contribution in [3.8, 4) is 5.75 Å². The normalized spacial score (nSPS) is 18.9. The number of nitrogens with zero attached hydrogens (tertiary/aromatic N) is 1. The van der Waals surface area contributed by atoms with Gasteiger partial charge in [-0.15, -0.1) is 0 Å². The van der Waals surface area contributed by atoms with Crippen molar-refractivity contribution in [2.24, 2.45) is 0 Å². The van der Waals surface area contributed by atoms with Gasteiger partial charge in [0.2, 0.25) is 0 Å².